The molecule has 14 N–H and O–H groups in total. The molecule has 31 atom stereocenters. The number of carbonyl (C=O) groups is 1. The van der Waals surface area contributed by atoms with Crippen molar-refractivity contribution >= 4 is 5.97 Å². The number of fused-ring (bicyclic) bond motifs is 7. The monoisotopic (exact) mass is 1170 g/mol. The Hall–Kier alpha value is -1.97. The molecule has 0 unspecified atom stereocenters. The van der Waals surface area contributed by atoms with E-state index < -0.39 is 177 Å². The first-order valence-electron chi connectivity index (χ1n) is 29.4. The van der Waals surface area contributed by atoms with Crippen LogP contribution in [0.1, 0.15) is 106 Å². The van der Waals surface area contributed by atoms with Crippen molar-refractivity contribution in [3.63, 3.8) is 0 Å². The van der Waals surface area contributed by atoms with E-state index in [0.717, 1.165) is 31.3 Å². The molecule has 82 heavy (non-hydrogen) atoms. The number of rotatable bonds is 12. The summed E-state index contributed by atoms with van der Waals surface area (Å²) >= 11 is 0. The summed E-state index contributed by atoms with van der Waals surface area (Å²) < 4.78 is 60.2. The number of allylic oxidation sites excluding steroid dienone is 3. The summed E-state index contributed by atoms with van der Waals surface area (Å²) in [5.41, 5.74) is -0.286. The molecule has 10 aliphatic rings. The van der Waals surface area contributed by atoms with Gasteiger partial charge in [-0.15, -0.1) is 0 Å². The molecular weight excluding hydrogens is 1080 g/mol. The second-order valence-electron chi connectivity index (χ2n) is 26.8. The Kier molecular flexibility index (Phi) is 18.1. The number of aliphatic hydroxyl groups excluding tert-OH is 14. The Bertz CT molecular complexity index is 2310. The number of esters is 1. The fraction of sp³-hybridized carbons (Fsp3) is 0.912. The van der Waals surface area contributed by atoms with Crippen LogP contribution in [-0.2, 0) is 52.2 Å². The third-order valence-electron chi connectivity index (χ3n) is 22.1. The molecule has 5 heterocycles. The molecule has 0 aromatic heterocycles. The summed E-state index contributed by atoms with van der Waals surface area (Å²) in [6.45, 7) is 15.4. The van der Waals surface area contributed by atoms with Crippen LogP contribution >= 0.6 is 0 Å². The van der Waals surface area contributed by atoms with Gasteiger partial charge in [0.05, 0.1) is 44.1 Å². The van der Waals surface area contributed by atoms with E-state index in [1.165, 1.54) is 12.5 Å². The average molecular weight is 1180 g/mol. The molecule has 4 saturated carbocycles. The van der Waals surface area contributed by atoms with Gasteiger partial charge in [-0.25, -0.2) is 0 Å². The highest BCUT2D eigenvalue weighted by Gasteiger charge is 2.70. The number of ether oxygens (including phenoxy) is 10. The van der Waals surface area contributed by atoms with Gasteiger partial charge in [-0.2, -0.15) is 0 Å². The number of aliphatic hydroxyl groups is 14. The molecule has 5 aliphatic heterocycles. The summed E-state index contributed by atoms with van der Waals surface area (Å²) in [5, 5.41) is 149. The van der Waals surface area contributed by atoms with E-state index in [0.29, 0.717) is 38.5 Å². The maximum absolute atomic E-state index is 15.0. The van der Waals surface area contributed by atoms with Gasteiger partial charge in [0.2, 0.25) is 6.29 Å². The first-order valence-corrected chi connectivity index (χ1v) is 29.4. The fourth-order valence-corrected chi connectivity index (χ4v) is 16.9. The predicted molar refractivity (Wildman–Crippen MR) is 277 cm³/mol. The minimum absolute atomic E-state index is 0.102. The van der Waals surface area contributed by atoms with Crippen molar-refractivity contribution in [3.05, 3.63) is 23.8 Å². The molecule has 0 spiro atoms. The van der Waals surface area contributed by atoms with Gasteiger partial charge in [-0.3, -0.25) is 4.79 Å². The molecule has 468 valence electrons. The summed E-state index contributed by atoms with van der Waals surface area (Å²) in [7, 11) is 0. The fourth-order valence-electron chi connectivity index (χ4n) is 16.9. The Morgan fingerprint density at radius 3 is 1.93 bits per heavy atom. The lowest BCUT2D eigenvalue weighted by Crippen LogP contribution is -2.66. The molecule has 5 aliphatic carbocycles. The second kappa shape index (κ2) is 23.5. The van der Waals surface area contributed by atoms with E-state index in [9.17, 15) is 71.5 Å². The molecule has 9 fully saturated rings. The smallest absolute Gasteiger partial charge is 0.315 e. The quantitative estimate of drug-likeness (QED) is 0.0551. The molecule has 10 rings (SSSR count). The van der Waals surface area contributed by atoms with Crippen LogP contribution in [0, 0.1) is 44.8 Å². The van der Waals surface area contributed by atoms with Crippen LogP contribution in [0.3, 0.4) is 0 Å². The van der Waals surface area contributed by atoms with Gasteiger partial charge >= 0.3 is 5.97 Å². The Morgan fingerprint density at radius 1 is 0.610 bits per heavy atom. The van der Waals surface area contributed by atoms with Crippen molar-refractivity contribution in [1.29, 1.82) is 0 Å². The lowest BCUT2D eigenvalue weighted by Gasteiger charge is -2.71. The topological polar surface area (TPSA) is 393 Å². The number of carbonyl (C=O) groups excluding carboxylic acids is 1. The summed E-state index contributed by atoms with van der Waals surface area (Å²) in [6.07, 6.45) is -27.7. The average Bonchev–Trinajstić information content (AvgIpc) is 0.764. The first kappa shape index (κ1) is 63.1. The van der Waals surface area contributed by atoms with Crippen LogP contribution in [0.15, 0.2) is 23.8 Å². The van der Waals surface area contributed by atoms with Gasteiger partial charge in [0.25, 0.3) is 0 Å². The SMILES string of the molecule is C=C1CC[C@]2(C(=O)O[C@@H]3O[C@H](CO[C@@H]4O[C@H](CO)[C@@H](O)[C@H](O)[C@H]4O)[C@@H](O)[C@H](O)[C@H]3O)CC[C@]3(C)C(=CC[C@@H]4[C@@]5(C)CC[C@H](O[C@@H]6OC[C@H](O)[C@H](O[C@@H]7OC[C@H](O)[C@H](O)[C@H]7O)[C@H]6O[C@@H]6O[C@@H](C)[C@H](O)[C@@H](O)[C@H]6O)C(C)(C)[C@@H]5CC[C@]43C)[C@@H]2C1. The molecule has 0 bridgehead atoms. The van der Waals surface area contributed by atoms with E-state index in [-0.39, 0.29) is 47.2 Å². The van der Waals surface area contributed by atoms with Gasteiger partial charge in [0.1, 0.15) is 104 Å². The number of hydrogen-bond donors (Lipinski definition) is 14. The van der Waals surface area contributed by atoms with Gasteiger partial charge in [-0.1, -0.05) is 58.4 Å². The molecule has 25 nitrogen and oxygen atoms in total. The third-order valence-corrected chi connectivity index (χ3v) is 22.1. The van der Waals surface area contributed by atoms with E-state index in [2.05, 4.69) is 47.3 Å². The van der Waals surface area contributed by atoms with Gasteiger partial charge in [0, 0.05) is 5.92 Å². The van der Waals surface area contributed by atoms with E-state index in [4.69, 9.17) is 47.4 Å². The first-order chi connectivity index (χ1) is 38.5. The molecule has 25 heteroatoms. The van der Waals surface area contributed by atoms with Crippen molar-refractivity contribution in [2.24, 2.45) is 44.8 Å². The van der Waals surface area contributed by atoms with Crippen molar-refractivity contribution in [2.45, 2.75) is 253 Å². The lowest BCUT2D eigenvalue weighted by atomic mass is 9.34. The molecule has 0 amide bonds. The van der Waals surface area contributed by atoms with Crippen LogP contribution in [0.4, 0.5) is 0 Å². The summed E-state index contributed by atoms with van der Waals surface area (Å²) in [5.74, 6) is -0.654. The largest absolute Gasteiger partial charge is 0.432 e. The van der Waals surface area contributed by atoms with Crippen LogP contribution in [0.5, 0.6) is 0 Å². The number of hydrogen-bond acceptors (Lipinski definition) is 25. The van der Waals surface area contributed by atoms with Crippen LogP contribution < -0.4 is 0 Å². The zero-order valence-corrected chi connectivity index (χ0v) is 47.5. The Labute approximate surface area is 476 Å². The maximum atomic E-state index is 15.0. The van der Waals surface area contributed by atoms with Gasteiger partial charge in [-0.05, 0) is 105 Å². The predicted octanol–water partition coefficient (Wildman–Crippen LogP) is -2.38. The highest BCUT2D eigenvalue weighted by atomic mass is 16.8. The van der Waals surface area contributed by atoms with E-state index in [1.54, 1.807) is 0 Å². The third kappa shape index (κ3) is 10.5. The molecule has 0 aromatic rings. The van der Waals surface area contributed by atoms with Crippen molar-refractivity contribution < 1.29 is 124 Å². The normalized spacial score (nSPS) is 54.1. The Balaban J connectivity index is 0.863. The lowest BCUT2D eigenvalue weighted by molar-refractivity contribution is -0.383. The zero-order valence-electron chi connectivity index (χ0n) is 47.5. The molecule has 0 radical (unpaired) electrons. The van der Waals surface area contributed by atoms with E-state index in [1.807, 2.05) is 0 Å². The van der Waals surface area contributed by atoms with Crippen LogP contribution in [0.2, 0.25) is 0 Å². The highest BCUT2D eigenvalue weighted by Crippen LogP contribution is 2.75. The zero-order chi connectivity index (χ0) is 59.5. The summed E-state index contributed by atoms with van der Waals surface area (Å²) in [6, 6.07) is 0. The molecular formula is C57H90O25. The molecule has 5 saturated heterocycles. The van der Waals surface area contributed by atoms with E-state index >= 15 is 4.79 Å². The Morgan fingerprint density at radius 2 is 1.22 bits per heavy atom. The standard InChI is InChI=1S/C57H90O25/c1-23-10-15-57(52(72)82-50-44(71)40(67)37(64)30(78-50)22-75-47-42(69)39(66)36(63)29(19-58)77-47)17-16-55(6)25(26(57)18-23)8-9-32-54(5)13-12-33(53(3,4)31(54)11-14-56(32,55)7)79-51-46(81-49-43(70)38(65)34(61)24(2)76-49)45(28(60)21-74-51)80-48-41(68)35(62)27(59)20-73-48/h8,24,26-51,58-71H,1,9-22H2,2-7H3/t24-,26-,27-,28-,29+,30+,31-,32+,33-,34-,35-,36+,37+,38+,39-,40-,41+,42+,43+,44+,45-,46+,47+,48-,49-,50-,51-,54-,55+,56+,57-/m0/s1. The second-order valence-corrected chi connectivity index (χ2v) is 26.8. The molecule has 0 aromatic carbocycles. The maximum Gasteiger partial charge on any atom is 0.315 e. The van der Waals surface area contributed by atoms with Crippen LogP contribution in [-0.4, -0.2) is 251 Å². The minimum Gasteiger partial charge on any atom is -0.432 e. The highest BCUT2D eigenvalue weighted by molar-refractivity contribution is 5.79. The van der Waals surface area contributed by atoms with Crippen molar-refractivity contribution in [1.82, 2.24) is 0 Å². The minimum atomic E-state index is -1.86. The van der Waals surface area contributed by atoms with Gasteiger partial charge in [0.15, 0.2) is 25.2 Å². The van der Waals surface area contributed by atoms with Crippen molar-refractivity contribution in [2.75, 3.05) is 26.4 Å². The van der Waals surface area contributed by atoms with Gasteiger partial charge < -0.3 is 119 Å². The summed E-state index contributed by atoms with van der Waals surface area (Å²) in [4.78, 5) is 15.0. The van der Waals surface area contributed by atoms with Crippen LogP contribution in [0.25, 0.3) is 0 Å². The van der Waals surface area contributed by atoms with Crippen molar-refractivity contribution in [3.8, 4) is 0 Å².